The summed E-state index contributed by atoms with van der Waals surface area (Å²) in [5.74, 6) is 3.32. The van der Waals surface area contributed by atoms with Crippen molar-refractivity contribution in [2.75, 3.05) is 6.61 Å². The molecule has 0 fully saturated rings. The van der Waals surface area contributed by atoms with Crippen molar-refractivity contribution in [1.82, 2.24) is 0 Å². The van der Waals surface area contributed by atoms with Crippen molar-refractivity contribution in [1.29, 1.82) is 0 Å². The van der Waals surface area contributed by atoms with Crippen molar-refractivity contribution < 1.29 is 4.74 Å². The minimum atomic E-state index is -0.347. The summed E-state index contributed by atoms with van der Waals surface area (Å²) in [6, 6.07) is 7.25. The molecule has 0 saturated heterocycles. The number of hydrogen-bond acceptors (Lipinski definition) is 2. The van der Waals surface area contributed by atoms with Crippen LogP contribution in [0, 0.1) is 12.3 Å². The van der Waals surface area contributed by atoms with Crippen LogP contribution >= 0.6 is 0 Å². The molecule has 0 aliphatic heterocycles. The highest BCUT2D eigenvalue weighted by Crippen LogP contribution is 2.17. The second kappa shape index (κ2) is 5.31. The van der Waals surface area contributed by atoms with Crippen LogP contribution in [0.25, 0.3) is 0 Å². The molecule has 14 heavy (non-hydrogen) atoms. The molecule has 0 spiro atoms. The summed E-state index contributed by atoms with van der Waals surface area (Å²) in [5, 5.41) is 0. The predicted molar refractivity (Wildman–Crippen MR) is 58.0 cm³/mol. The van der Waals surface area contributed by atoms with Crippen LogP contribution in [0.3, 0.4) is 0 Å². The first kappa shape index (κ1) is 10.6. The lowest BCUT2D eigenvalue weighted by molar-refractivity contribution is 0.317. The number of hydrogen-bond donors (Lipinski definition) is 1. The standard InChI is InChI=1S/C12H15NO/c1-3-8-14-11-7-5-6-10(9-11)12(13)4-2/h2,5-7,9,12H,3,8,13H2,1H3. The number of ether oxygens (including phenoxy) is 1. The molecule has 0 radical (unpaired) electrons. The van der Waals surface area contributed by atoms with Gasteiger partial charge in [-0.15, -0.1) is 6.42 Å². The summed E-state index contributed by atoms with van der Waals surface area (Å²) in [6.07, 6.45) is 6.23. The second-order valence-corrected chi connectivity index (χ2v) is 3.07. The molecule has 0 aliphatic rings. The van der Waals surface area contributed by atoms with Gasteiger partial charge in [0.2, 0.25) is 0 Å². The Balaban J connectivity index is 2.74. The van der Waals surface area contributed by atoms with E-state index in [2.05, 4.69) is 12.8 Å². The first-order valence-electron chi connectivity index (χ1n) is 4.72. The fraction of sp³-hybridized carbons (Fsp3) is 0.333. The van der Waals surface area contributed by atoms with Crippen LogP contribution in [0.5, 0.6) is 5.75 Å². The van der Waals surface area contributed by atoms with Crippen LogP contribution in [0.2, 0.25) is 0 Å². The fourth-order valence-corrected chi connectivity index (χ4v) is 1.11. The fourth-order valence-electron chi connectivity index (χ4n) is 1.11. The van der Waals surface area contributed by atoms with Crippen LogP contribution in [0.4, 0.5) is 0 Å². The van der Waals surface area contributed by atoms with Crippen molar-refractivity contribution in [3.8, 4) is 18.1 Å². The molecule has 0 heterocycles. The maximum atomic E-state index is 5.70. The largest absolute Gasteiger partial charge is 0.494 e. The Morgan fingerprint density at radius 3 is 3.00 bits per heavy atom. The quantitative estimate of drug-likeness (QED) is 0.736. The Morgan fingerprint density at radius 2 is 2.36 bits per heavy atom. The minimum absolute atomic E-state index is 0.347. The van der Waals surface area contributed by atoms with Crippen LogP contribution in [-0.4, -0.2) is 6.61 Å². The van der Waals surface area contributed by atoms with E-state index in [4.69, 9.17) is 16.9 Å². The zero-order chi connectivity index (χ0) is 10.4. The molecular weight excluding hydrogens is 174 g/mol. The van der Waals surface area contributed by atoms with E-state index in [0.717, 1.165) is 24.3 Å². The second-order valence-electron chi connectivity index (χ2n) is 3.07. The minimum Gasteiger partial charge on any atom is -0.494 e. The Bertz CT molecular complexity index is 327. The lowest BCUT2D eigenvalue weighted by Crippen LogP contribution is -2.07. The molecule has 0 saturated carbocycles. The van der Waals surface area contributed by atoms with Crippen LogP contribution < -0.4 is 10.5 Å². The molecule has 2 heteroatoms. The van der Waals surface area contributed by atoms with Gasteiger partial charge >= 0.3 is 0 Å². The number of benzene rings is 1. The van der Waals surface area contributed by atoms with E-state index in [-0.39, 0.29) is 6.04 Å². The van der Waals surface area contributed by atoms with Crippen molar-refractivity contribution in [3.63, 3.8) is 0 Å². The molecule has 74 valence electrons. The molecule has 0 aromatic heterocycles. The smallest absolute Gasteiger partial charge is 0.119 e. The molecule has 2 nitrogen and oxygen atoms in total. The highest BCUT2D eigenvalue weighted by Gasteiger charge is 2.02. The molecule has 1 atom stereocenters. The van der Waals surface area contributed by atoms with E-state index >= 15 is 0 Å². The van der Waals surface area contributed by atoms with E-state index in [9.17, 15) is 0 Å². The van der Waals surface area contributed by atoms with Gasteiger partial charge in [-0.1, -0.05) is 25.0 Å². The van der Waals surface area contributed by atoms with Gasteiger partial charge in [0.25, 0.3) is 0 Å². The average molecular weight is 189 g/mol. The SMILES string of the molecule is C#CC(N)c1cccc(OCCC)c1. The summed E-state index contributed by atoms with van der Waals surface area (Å²) < 4.78 is 5.47. The van der Waals surface area contributed by atoms with Crippen LogP contribution in [-0.2, 0) is 0 Å². The van der Waals surface area contributed by atoms with Gasteiger partial charge < -0.3 is 10.5 Å². The summed E-state index contributed by atoms with van der Waals surface area (Å²) in [5.41, 5.74) is 6.62. The Hall–Kier alpha value is -1.46. The molecule has 1 aromatic rings. The molecule has 1 rings (SSSR count). The van der Waals surface area contributed by atoms with E-state index < -0.39 is 0 Å². The molecule has 0 amide bonds. The van der Waals surface area contributed by atoms with Gasteiger partial charge in [-0.3, -0.25) is 0 Å². The van der Waals surface area contributed by atoms with Crippen LogP contribution in [0.15, 0.2) is 24.3 Å². The maximum absolute atomic E-state index is 5.70. The summed E-state index contributed by atoms with van der Waals surface area (Å²) in [4.78, 5) is 0. The topological polar surface area (TPSA) is 35.2 Å². The summed E-state index contributed by atoms with van der Waals surface area (Å²) in [6.45, 7) is 2.78. The third kappa shape index (κ3) is 2.79. The highest BCUT2D eigenvalue weighted by molar-refractivity contribution is 5.33. The third-order valence-corrected chi connectivity index (χ3v) is 1.87. The van der Waals surface area contributed by atoms with Crippen molar-refractivity contribution in [3.05, 3.63) is 29.8 Å². The first-order valence-corrected chi connectivity index (χ1v) is 4.72. The average Bonchev–Trinajstić information content (AvgIpc) is 2.25. The van der Waals surface area contributed by atoms with Gasteiger partial charge in [-0.05, 0) is 24.1 Å². The van der Waals surface area contributed by atoms with Gasteiger partial charge in [0.1, 0.15) is 5.75 Å². The highest BCUT2D eigenvalue weighted by atomic mass is 16.5. The third-order valence-electron chi connectivity index (χ3n) is 1.87. The molecule has 0 bridgehead atoms. The van der Waals surface area contributed by atoms with E-state index in [1.54, 1.807) is 0 Å². The van der Waals surface area contributed by atoms with Gasteiger partial charge in [0.05, 0.1) is 12.6 Å². The summed E-state index contributed by atoms with van der Waals surface area (Å²) >= 11 is 0. The monoisotopic (exact) mass is 189 g/mol. The molecule has 0 aliphatic carbocycles. The number of terminal acetylenes is 1. The molecule has 1 unspecified atom stereocenters. The zero-order valence-corrected chi connectivity index (χ0v) is 8.36. The lowest BCUT2D eigenvalue weighted by Gasteiger charge is -2.08. The van der Waals surface area contributed by atoms with Crippen molar-refractivity contribution in [2.45, 2.75) is 19.4 Å². The first-order chi connectivity index (χ1) is 6.77. The normalized spacial score (nSPS) is 11.8. The van der Waals surface area contributed by atoms with Gasteiger partial charge in [0.15, 0.2) is 0 Å². The number of nitrogens with two attached hydrogens (primary N) is 1. The van der Waals surface area contributed by atoms with Crippen LogP contribution in [0.1, 0.15) is 24.9 Å². The molecule has 2 N–H and O–H groups in total. The summed E-state index contributed by atoms with van der Waals surface area (Å²) in [7, 11) is 0. The van der Waals surface area contributed by atoms with E-state index in [1.807, 2.05) is 24.3 Å². The number of rotatable bonds is 4. The lowest BCUT2D eigenvalue weighted by atomic mass is 10.1. The maximum Gasteiger partial charge on any atom is 0.119 e. The molecular formula is C12H15NO. The van der Waals surface area contributed by atoms with E-state index in [0.29, 0.717) is 0 Å². The van der Waals surface area contributed by atoms with Gasteiger partial charge in [-0.2, -0.15) is 0 Å². The Kier molecular flexibility index (Phi) is 4.03. The van der Waals surface area contributed by atoms with Gasteiger partial charge in [-0.25, -0.2) is 0 Å². The van der Waals surface area contributed by atoms with Gasteiger partial charge in [0, 0.05) is 0 Å². The Morgan fingerprint density at radius 1 is 1.57 bits per heavy atom. The zero-order valence-electron chi connectivity index (χ0n) is 8.36. The Labute approximate surface area is 85.1 Å². The van der Waals surface area contributed by atoms with Crippen molar-refractivity contribution >= 4 is 0 Å². The predicted octanol–water partition coefficient (Wildman–Crippen LogP) is 2.11. The van der Waals surface area contributed by atoms with E-state index in [1.165, 1.54) is 0 Å². The van der Waals surface area contributed by atoms with Crippen molar-refractivity contribution in [2.24, 2.45) is 5.73 Å². The molecule has 1 aromatic carbocycles.